The number of primary amides is 1. The van der Waals surface area contributed by atoms with Gasteiger partial charge in [-0.3, -0.25) is 19.3 Å². The topological polar surface area (TPSA) is 112 Å². The van der Waals surface area contributed by atoms with Gasteiger partial charge in [-0.15, -0.1) is 11.3 Å². The molecule has 33 heavy (non-hydrogen) atoms. The molecule has 0 unspecified atom stereocenters. The molecular weight excluding hydrogens is 438 g/mol. The molecule has 2 aliphatic rings. The lowest BCUT2D eigenvalue weighted by Gasteiger charge is -2.34. The molecule has 172 valence electrons. The molecule has 0 spiro atoms. The fourth-order valence-corrected chi connectivity index (χ4v) is 6.06. The van der Waals surface area contributed by atoms with E-state index in [2.05, 4.69) is 10.3 Å². The Morgan fingerprint density at radius 2 is 1.82 bits per heavy atom. The first kappa shape index (κ1) is 21.7. The highest BCUT2D eigenvalue weighted by Gasteiger charge is 2.27. The number of carbonyl (C=O) groups is 3. The number of aromatic nitrogens is 1. The van der Waals surface area contributed by atoms with E-state index < -0.39 is 5.91 Å². The molecule has 1 fully saturated rings. The summed E-state index contributed by atoms with van der Waals surface area (Å²) in [5, 5.41) is 4.51. The van der Waals surface area contributed by atoms with Crippen LogP contribution in [-0.4, -0.2) is 65.2 Å². The van der Waals surface area contributed by atoms with E-state index in [0.29, 0.717) is 42.4 Å². The fraction of sp³-hybridized carbons (Fsp3) is 0.375. The SMILES string of the molecule is NC(=O)c1c(NC(=O)CN2CCN(C(=O)c3cc4ccccc4[nH]3)CC2)sc2c1CCCC2. The molecular formula is C24H27N5O3S. The van der Waals surface area contributed by atoms with Crippen molar-refractivity contribution < 1.29 is 14.4 Å². The van der Waals surface area contributed by atoms with Crippen LogP contribution in [0, 0.1) is 0 Å². The molecule has 3 amide bonds. The van der Waals surface area contributed by atoms with Gasteiger partial charge >= 0.3 is 0 Å². The Morgan fingerprint density at radius 1 is 1.06 bits per heavy atom. The van der Waals surface area contributed by atoms with E-state index in [1.807, 2.05) is 40.1 Å². The number of thiophene rings is 1. The number of hydrogen-bond acceptors (Lipinski definition) is 5. The van der Waals surface area contributed by atoms with Gasteiger partial charge in [0, 0.05) is 42.0 Å². The van der Waals surface area contributed by atoms with Crippen LogP contribution in [0.4, 0.5) is 5.00 Å². The van der Waals surface area contributed by atoms with Crippen LogP contribution in [0.1, 0.15) is 44.1 Å². The summed E-state index contributed by atoms with van der Waals surface area (Å²) < 4.78 is 0. The second kappa shape index (κ2) is 8.99. The molecule has 1 aromatic carbocycles. The van der Waals surface area contributed by atoms with Gasteiger partial charge < -0.3 is 20.9 Å². The van der Waals surface area contributed by atoms with Gasteiger partial charge in [-0.1, -0.05) is 18.2 Å². The molecule has 2 aromatic heterocycles. The third-order valence-corrected chi connectivity index (χ3v) is 7.66. The van der Waals surface area contributed by atoms with Gasteiger partial charge in [0.1, 0.15) is 10.7 Å². The summed E-state index contributed by atoms with van der Waals surface area (Å²) in [4.78, 5) is 45.8. The van der Waals surface area contributed by atoms with Crippen molar-refractivity contribution in [3.8, 4) is 0 Å². The molecule has 9 heteroatoms. The van der Waals surface area contributed by atoms with Gasteiger partial charge in [0.05, 0.1) is 12.1 Å². The number of amides is 3. The molecule has 4 N–H and O–H groups in total. The van der Waals surface area contributed by atoms with Gasteiger partial charge in [-0.05, 0) is 43.4 Å². The van der Waals surface area contributed by atoms with Gasteiger partial charge in [0.15, 0.2) is 0 Å². The van der Waals surface area contributed by atoms with Crippen molar-refractivity contribution in [2.45, 2.75) is 25.7 Å². The smallest absolute Gasteiger partial charge is 0.270 e. The Kier molecular flexibility index (Phi) is 5.90. The number of carbonyl (C=O) groups excluding carboxylic acids is 3. The van der Waals surface area contributed by atoms with Crippen LogP contribution in [-0.2, 0) is 17.6 Å². The monoisotopic (exact) mass is 465 g/mol. The lowest BCUT2D eigenvalue weighted by molar-refractivity contribution is -0.117. The summed E-state index contributed by atoms with van der Waals surface area (Å²) in [5.41, 5.74) is 8.65. The zero-order chi connectivity index (χ0) is 22.9. The predicted molar refractivity (Wildman–Crippen MR) is 129 cm³/mol. The summed E-state index contributed by atoms with van der Waals surface area (Å²) >= 11 is 1.48. The minimum Gasteiger partial charge on any atom is -0.365 e. The highest BCUT2D eigenvalue weighted by molar-refractivity contribution is 7.17. The summed E-state index contributed by atoms with van der Waals surface area (Å²) in [7, 11) is 0. The minimum atomic E-state index is -0.478. The predicted octanol–water partition coefficient (Wildman–Crippen LogP) is 2.60. The molecule has 1 aliphatic carbocycles. The normalized spacial score (nSPS) is 16.5. The van der Waals surface area contributed by atoms with Gasteiger partial charge in [-0.2, -0.15) is 0 Å². The minimum absolute atomic E-state index is 0.0226. The number of rotatable bonds is 5. The Balaban J connectivity index is 1.18. The summed E-state index contributed by atoms with van der Waals surface area (Å²) in [5.74, 6) is -0.661. The zero-order valence-corrected chi connectivity index (χ0v) is 19.2. The van der Waals surface area contributed by atoms with Gasteiger partial charge in [-0.25, -0.2) is 0 Å². The first-order chi connectivity index (χ1) is 16.0. The van der Waals surface area contributed by atoms with Gasteiger partial charge in [0.25, 0.3) is 11.8 Å². The Labute approximate surface area is 195 Å². The van der Waals surface area contributed by atoms with E-state index in [1.54, 1.807) is 0 Å². The van der Waals surface area contributed by atoms with Crippen LogP contribution in [0.3, 0.4) is 0 Å². The maximum atomic E-state index is 12.9. The highest BCUT2D eigenvalue weighted by Crippen LogP contribution is 2.37. The van der Waals surface area contributed by atoms with E-state index >= 15 is 0 Å². The number of nitrogens with zero attached hydrogens (tertiary/aromatic N) is 2. The number of nitrogens with two attached hydrogens (primary N) is 1. The quantitative estimate of drug-likeness (QED) is 0.538. The number of benzene rings is 1. The van der Waals surface area contributed by atoms with Crippen LogP contribution in [0.2, 0.25) is 0 Å². The number of aromatic amines is 1. The van der Waals surface area contributed by atoms with E-state index in [1.165, 1.54) is 11.3 Å². The van der Waals surface area contributed by atoms with Crippen molar-refractivity contribution in [2.75, 3.05) is 38.0 Å². The lowest BCUT2D eigenvalue weighted by Crippen LogP contribution is -2.50. The Bertz CT molecular complexity index is 1190. The highest BCUT2D eigenvalue weighted by atomic mass is 32.1. The van der Waals surface area contributed by atoms with Crippen molar-refractivity contribution in [3.63, 3.8) is 0 Å². The van der Waals surface area contributed by atoms with Crippen molar-refractivity contribution in [3.05, 3.63) is 52.0 Å². The second-order valence-electron chi connectivity index (χ2n) is 8.67. The molecule has 0 bridgehead atoms. The number of hydrogen-bond donors (Lipinski definition) is 3. The first-order valence-corrected chi connectivity index (χ1v) is 12.1. The third-order valence-electron chi connectivity index (χ3n) is 6.46. The maximum absolute atomic E-state index is 12.9. The van der Waals surface area contributed by atoms with Crippen LogP contribution in [0.5, 0.6) is 0 Å². The molecule has 5 rings (SSSR count). The van der Waals surface area contributed by atoms with E-state index in [-0.39, 0.29) is 18.4 Å². The van der Waals surface area contributed by atoms with E-state index in [4.69, 9.17) is 5.73 Å². The number of para-hydroxylation sites is 1. The number of aryl methyl sites for hydroxylation is 1. The number of fused-ring (bicyclic) bond motifs is 2. The largest absolute Gasteiger partial charge is 0.365 e. The molecule has 3 heterocycles. The first-order valence-electron chi connectivity index (χ1n) is 11.3. The van der Waals surface area contributed by atoms with Crippen molar-refractivity contribution >= 4 is 45.0 Å². The molecule has 0 radical (unpaired) electrons. The van der Waals surface area contributed by atoms with Crippen LogP contribution in [0.15, 0.2) is 30.3 Å². The van der Waals surface area contributed by atoms with E-state index in [0.717, 1.165) is 47.0 Å². The average Bonchev–Trinajstić information content (AvgIpc) is 3.40. The zero-order valence-electron chi connectivity index (χ0n) is 18.4. The van der Waals surface area contributed by atoms with Crippen molar-refractivity contribution in [1.29, 1.82) is 0 Å². The number of piperazine rings is 1. The third kappa shape index (κ3) is 4.38. The molecule has 8 nitrogen and oxygen atoms in total. The Hall–Kier alpha value is -3.17. The van der Waals surface area contributed by atoms with Crippen LogP contribution < -0.4 is 11.1 Å². The standard InChI is InChI=1S/C24H27N5O3S/c25-22(31)21-16-6-2-4-8-19(16)33-23(21)27-20(30)14-28-9-11-29(12-10-28)24(32)18-13-15-5-1-3-7-17(15)26-18/h1,3,5,7,13,26H,2,4,6,8-12,14H2,(H2,25,31)(H,27,30). The second-order valence-corrected chi connectivity index (χ2v) is 9.77. The van der Waals surface area contributed by atoms with Crippen molar-refractivity contribution in [2.24, 2.45) is 5.73 Å². The van der Waals surface area contributed by atoms with Gasteiger partial charge in [0.2, 0.25) is 5.91 Å². The average molecular weight is 466 g/mol. The van der Waals surface area contributed by atoms with Crippen molar-refractivity contribution in [1.82, 2.24) is 14.8 Å². The summed E-state index contributed by atoms with van der Waals surface area (Å²) in [6.45, 7) is 2.56. The van der Waals surface area contributed by atoms with Crippen LogP contribution in [0.25, 0.3) is 10.9 Å². The number of nitrogens with one attached hydrogen (secondary N) is 2. The Morgan fingerprint density at radius 3 is 2.58 bits per heavy atom. The molecule has 0 saturated carbocycles. The molecule has 3 aromatic rings. The lowest BCUT2D eigenvalue weighted by atomic mass is 9.95. The maximum Gasteiger partial charge on any atom is 0.270 e. The number of anilines is 1. The van der Waals surface area contributed by atoms with Crippen LogP contribution >= 0.6 is 11.3 Å². The van der Waals surface area contributed by atoms with E-state index in [9.17, 15) is 14.4 Å². The molecule has 1 aliphatic heterocycles. The molecule has 0 atom stereocenters. The fourth-order valence-electron chi connectivity index (χ4n) is 4.75. The summed E-state index contributed by atoms with van der Waals surface area (Å²) in [6.07, 6.45) is 3.91. The number of H-pyrrole nitrogens is 1. The molecule has 1 saturated heterocycles. The summed E-state index contributed by atoms with van der Waals surface area (Å²) in [6, 6.07) is 9.71.